The van der Waals surface area contributed by atoms with E-state index in [0.29, 0.717) is 50.6 Å². The molecule has 6 nitrogen and oxygen atoms in total. The Balaban J connectivity index is 1.71. The molecule has 0 aromatic heterocycles. The first-order valence-electron chi connectivity index (χ1n) is 8.84. The summed E-state index contributed by atoms with van der Waals surface area (Å²) in [6.45, 7) is 3.28. The second kappa shape index (κ2) is 6.99. The summed E-state index contributed by atoms with van der Waals surface area (Å²) in [6, 6.07) is 0. The molecule has 0 saturated carbocycles. The van der Waals surface area contributed by atoms with E-state index in [9.17, 15) is 13.6 Å². The monoisotopic (exact) mass is 355 g/mol. The fourth-order valence-corrected chi connectivity index (χ4v) is 3.86. The summed E-state index contributed by atoms with van der Waals surface area (Å²) in [4.78, 5) is 18.3. The number of likely N-dealkylation sites (tertiary alicyclic amines) is 2. The normalized spacial score (nSPS) is 32.0. The van der Waals surface area contributed by atoms with Gasteiger partial charge in [-0.3, -0.25) is 9.69 Å². The molecular formula is C17H27F2N5O. The van der Waals surface area contributed by atoms with Gasteiger partial charge < -0.3 is 20.5 Å². The van der Waals surface area contributed by atoms with Gasteiger partial charge in [0.2, 0.25) is 0 Å². The van der Waals surface area contributed by atoms with Crippen molar-refractivity contribution in [3.8, 4) is 0 Å². The van der Waals surface area contributed by atoms with Crippen molar-refractivity contribution in [3.63, 3.8) is 0 Å². The third-order valence-corrected chi connectivity index (χ3v) is 5.26. The molecule has 25 heavy (non-hydrogen) atoms. The van der Waals surface area contributed by atoms with Gasteiger partial charge in [-0.15, -0.1) is 0 Å². The topological polar surface area (TPSA) is 62.7 Å². The molecule has 3 aliphatic heterocycles. The lowest BCUT2D eigenvalue weighted by molar-refractivity contribution is -0.126. The number of hydrogen-bond donors (Lipinski definition) is 2. The molecule has 2 N–H and O–H groups in total. The zero-order valence-corrected chi connectivity index (χ0v) is 14.9. The molecule has 0 aromatic carbocycles. The summed E-state index contributed by atoms with van der Waals surface area (Å²) in [5.41, 5.74) is 1.78. The van der Waals surface area contributed by atoms with Crippen molar-refractivity contribution in [1.82, 2.24) is 20.0 Å². The maximum atomic E-state index is 13.4. The number of likely N-dealkylation sites (N-methyl/N-ethyl adjacent to an activating group) is 2. The fraction of sp³-hybridized carbons (Fsp3) is 0.765. The van der Waals surface area contributed by atoms with Gasteiger partial charge >= 0.3 is 0 Å². The van der Waals surface area contributed by atoms with Gasteiger partial charge in [0, 0.05) is 76.4 Å². The van der Waals surface area contributed by atoms with Gasteiger partial charge in [-0.2, -0.15) is 0 Å². The first kappa shape index (κ1) is 18.3. The highest BCUT2D eigenvalue weighted by atomic mass is 19.3. The molecule has 0 bridgehead atoms. The molecule has 3 rings (SSSR count). The van der Waals surface area contributed by atoms with Crippen molar-refractivity contribution >= 4 is 11.6 Å². The average Bonchev–Trinajstić information content (AvgIpc) is 2.81. The quantitative estimate of drug-likeness (QED) is 0.713. The van der Waals surface area contributed by atoms with Crippen molar-refractivity contribution in [2.75, 3.05) is 59.9 Å². The predicted molar refractivity (Wildman–Crippen MR) is 92.0 cm³/mol. The lowest BCUT2D eigenvalue weighted by Gasteiger charge is -2.27. The first-order valence-corrected chi connectivity index (χ1v) is 8.84. The van der Waals surface area contributed by atoms with E-state index < -0.39 is 5.92 Å². The zero-order chi connectivity index (χ0) is 18.2. The van der Waals surface area contributed by atoms with E-state index in [0.717, 1.165) is 12.1 Å². The summed E-state index contributed by atoms with van der Waals surface area (Å²) < 4.78 is 26.8. The number of nitrogens with zero attached hydrogens (tertiary/aromatic N) is 3. The van der Waals surface area contributed by atoms with Crippen molar-refractivity contribution in [2.24, 2.45) is 5.92 Å². The molecule has 0 aromatic rings. The number of alkyl halides is 2. The van der Waals surface area contributed by atoms with E-state index in [4.69, 9.17) is 5.41 Å². The minimum atomic E-state index is -2.59. The van der Waals surface area contributed by atoms with Crippen molar-refractivity contribution in [3.05, 3.63) is 11.3 Å². The summed E-state index contributed by atoms with van der Waals surface area (Å²) in [5, 5.41) is 11.4. The third-order valence-electron chi connectivity index (χ3n) is 5.26. The van der Waals surface area contributed by atoms with Crippen LogP contribution in [0.3, 0.4) is 0 Å². The molecule has 0 spiro atoms. The number of rotatable bonds is 2. The van der Waals surface area contributed by atoms with Gasteiger partial charge in [0.25, 0.3) is 11.8 Å². The minimum Gasteiger partial charge on any atom is -0.380 e. The Morgan fingerprint density at radius 1 is 1.32 bits per heavy atom. The molecule has 3 fully saturated rings. The van der Waals surface area contributed by atoms with E-state index in [2.05, 4.69) is 10.2 Å². The number of carbonyl (C=O) groups is 1. The molecule has 3 heterocycles. The Hall–Kier alpha value is -1.54. The fourth-order valence-electron chi connectivity index (χ4n) is 3.86. The lowest BCUT2D eigenvalue weighted by Crippen LogP contribution is -2.38. The smallest absolute Gasteiger partial charge is 0.270 e. The molecule has 3 saturated heterocycles. The van der Waals surface area contributed by atoms with Crippen LogP contribution < -0.4 is 5.32 Å². The van der Waals surface area contributed by atoms with Crippen molar-refractivity contribution in [2.45, 2.75) is 18.8 Å². The van der Waals surface area contributed by atoms with Crippen LogP contribution in [-0.2, 0) is 4.79 Å². The van der Waals surface area contributed by atoms with E-state index in [1.807, 2.05) is 7.05 Å². The Morgan fingerprint density at radius 2 is 2.08 bits per heavy atom. The second-order valence-electron chi connectivity index (χ2n) is 7.59. The van der Waals surface area contributed by atoms with Crippen LogP contribution in [0.2, 0.25) is 0 Å². The largest absolute Gasteiger partial charge is 0.380 e. The number of amides is 1. The van der Waals surface area contributed by atoms with Crippen LogP contribution in [0.25, 0.3) is 0 Å². The third kappa shape index (κ3) is 4.17. The van der Waals surface area contributed by atoms with Crippen LogP contribution in [-0.4, -0.2) is 92.1 Å². The van der Waals surface area contributed by atoms with Crippen LogP contribution in [0.5, 0.6) is 0 Å². The first-order chi connectivity index (χ1) is 11.7. The van der Waals surface area contributed by atoms with Crippen molar-refractivity contribution in [1.29, 1.82) is 5.41 Å². The molecule has 0 aliphatic carbocycles. The highest BCUT2D eigenvalue weighted by Gasteiger charge is 2.39. The number of carbonyl (C=O) groups excluding carboxylic acids is 1. The van der Waals surface area contributed by atoms with E-state index >= 15 is 0 Å². The standard InChI is InChI=1S/C17H27F2N5O/c1-22-5-3-14(20)13(10-22)15-16(25)23(2)8-12(7-21-15)9-24-6-4-17(18,19)11-24/h12,20-21H,3-11H2,1-2H3/b15-13-,20-14?. The Bertz CT molecular complexity index is 592. The zero-order valence-electron chi connectivity index (χ0n) is 14.9. The lowest BCUT2D eigenvalue weighted by atomic mass is 10.00. The maximum absolute atomic E-state index is 13.4. The molecular weight excluding hydrogens is 328 g/mol. The molecule has 1 amide bonds. The Kier molecular flexibility index (Phi) is 5.11. The number of hydrogen-bond acceptors (Lipinski definition) is 5. The minimum absolute atomic E-state index is 0.0826. The number of nitrogens with one attached hydrogen (secondary N) is 2. The molecule has 140 valence electrons. The van der Waals surface area contributed by atoms with Gasteiger partial charge in [-0.1, -0.05) is 0 Å². The second-order valence-corrected chi connectivity index (χ2v) is 7.59. The average molecular weight is 355 g/mol. The number of halogens is 2. The van der Waals surface area contributed by atoms with Crippen LogP contribution in [0, 0.1) is 11.3 Å². The molecule has 3 aliphatic rings. The summed E-state index contributed by atoms with van der Waals surface area (Å²) in [6.07, 6.45) is 0.557. The highest BCUT2D eigenvalue weighted by Crippen LogP contribution is 2.27. The Morgan fingerprint density at radius 3 is 2.76 bits per heavy atom. The molecule has 8 heteroatoms. The van der Waals surface area contributed by atoms with E-state index in [1.165, 1.54) is 0 Å². The van der Waals surface area contributed by atoms with Gasteiger partial charge in [0.1, 0.15) is 5.70 Å². The molecule has 0 radical (unpaired) electrons. The number of piperidine rings is 1. The van der Waals surface area contributed by atoms with Gasteiger partial charge in [0.15, 0.2) is 0 Å². The molecule has 1 atom stereocenters. The van der Waals surface area contributed by atoms with Gasteiger partial charge in [0.05, 0.1) is 6.54 Å². The van der Waals surface area contributed by atoms with Crippen LogP contribution in [0.15, 0.2) is 11.3 Å². The maximum Gasteiger partial charge on any atom is 0.270 e. The van der Waals surface area contributed by atoms with Crippen LogP contribution in [0.1, 0.15) is 12.8 Å². The van der Waals surface area contributed by atoms with E-state index in [-0.39, 0.29) is 24.8 Å². The van der Waals surface area contributed by atoms with E-state index in [1.54, 1.807) is 16.8 Å². The van der Waals surface area contributed by atoms with Crippen molar-refractivity contribution < 1.29 is 13.6 Å². The SMILES string of the molecule is CN1CCC(=N)/C(=C2\NCC(CN3CCC(F)(F)C3)CN(C)C2=O)C1. The summed E-state index contributed by atoms with van der Waals surface area (Å²) >= 11 is 0. The summed E-state index contributed by atoms with van der Waals surface area (Å²) in [7, 11) is 3.73. The highest BCUT2D eigenvalue weighted by molar-refractivity contribution is 6.07. The molecule has 1 unspecified atom stereocenters. The van der Waals surface area contributed by atoms with Crippen LogP contribution in [0.4, 0.5) is 8.78 Å². The van der Waals surface area contributed by atoms with Gasteiger partial charge in [-0.05, 0) is 7.05 Å². The van der Waals surface area contributed by atoms with Gasteiger partial charge in [-0.25, -0.2) is 8.78 Å². The van der Waals surface area contributed by atoms with Crippen LogP contribution >= 0.6 is 0 Å². The Labute approximate surface area is 147 Å². The summed E-state index contributed by atoms with van der Waals surface area (Å²) in [5.74, 6) is -2.60. The predicted octanol–water partition coefficient (Wildman–Crippen LogP) is 0.615.